The van der Waals surface area contributed by atoms with Crippen molar-refractivity contribution in [2.45, 2.75) is 32.9 Å². The second kappa shape index (κ2) is 8.58. The molecule has 0 fully saturated rings. The Morgan fingerprint density at radius 1 is 1.09 bits per heavy atom. The smallest absolute Gasteiger partial charge is 0.119 e. The maximum Gasteiger partial charge on any atom is 0.119 e. The third kappa shape index (κ3) is 5.42. The van der Waals surface area contributed by atoms with Gasteiger partial charge in [0, 0.05) is 21.7 Å². The van der Waals surface area contributed by atoms with Gasteiger partial charge in [-0.1, -0.05) is 42.3 Å². The number of benzene rings is 2. The Balaban J connectivity index is 1.93. The minimum absolute atomic E-state index is 0.410. The van der Waals surface area contributed by atoms with Crippen LogP contribution in [0.15, 0.2) is 42.5 Å². The molecule has 124 valence electrons. The molecule has 0 aromatic heterocycles. The number of hydrogen-bond acceptors (Lipinski definition) is 2. The number of ether oxygens (including phenoxy) is 1. The van der Waals surface area contributed by atoms with Crippen LogP contribution >= 0.6 is 23.2 Å². The van der Waals surface area contributed by atoms with Crippen LogP contribution in [-0.4, -0.2) is 24.5 Å². The van der Waals surface area contributed by atoms with Crippen molar-refractivity contribution in [3.63, 3.8) is 0 Å². The van der Waals surface area contributed by atoms with E-state index >= 15 is 0 Å². The standard InChI is InChI=1S/C19H23Cl2NO/c1-4-22(3)14(2)11-15-5-8-18(9-6-15)23-13-16-12-17(20)7-10-19(16)21/h5-10,12,14H,4,11,13H2,1-3H3/t14-/m1/s1. The van der Waals surface area contributed by atoms with Gasteiger partial charge in [0.2, 0.25) is 0 Å². The van der Waals surface area contributed by atoms with Gasteiger partial charge in [0.15, 0.2) is 0 Å². The van der Waals surface area contributed by atoms with E-state index in [1.165, 1.54) is 5.56 Å². The summed E-state index contributed by atoms with van der Waals surface area (Å²) in [5.41, 5.74) is 2.20. The molecule has 0 bridgehead atoms. The highest BCUT2D eigenvalue weighted by atomic mass is 35.5. The van der Waals surface area contributed by atoms with Gasteiger partial charge in [-0.05, 0) is 62.8 Å². The lowest BCUT2D eigenvalue weighted by molar-refractivity contribution is 0.269. The first kappa shape index (κ1) is 18.1. The monoisotopic (exact) mass is 351 g/mol. The average molecular weight is 352 g/mol. The molecular weight excluding hydrogens is 329 g/mol. The first-order valence-corrected chi connectivity index (χ1v) is 8.61. The summed E-state index contributed by atoms with van der Waals surface area (Å²) in [7, 11) is 2.15. The number of nitrogens with zero attached hydrogens (tertiary/aromatic N) is 1. The maximum absolute atomic E-state index is 6.15. The zero-order valence-corrected chi connectivity index (χ0v) is 15.4. The minimum Gasteiger partial charge on any atom is -0.489 e. The summed E-state index contributed by atoms with van der Waals surface area (Å²) in [4.78, 5) is 2.34. The molecule has 0 saturated heterocycles. The van der Waals surface area contributed by atoms with E-state index in [-0.39, 0.29) is 0 Å². The van der Waals surface area contributed by atoms with Crippen molar-refractivity contribution in [1.82, 2.24) is 4.90 Å². The Hall–Kier alpha value is -1.22. The van der Waals surface area contributed by atoms with E-state index in [1.807, 2.05) is 18.2 Å². The molecule has 2 rings (SSSR count). The highest BCUT2D eigenvalue weighted by Gasteiger charge is 2.08. The minimum atomic E-state index is 0.410. The molecule has 2 aromatic rings. The maximum atomic E-state index is 6.15. The van der Waals surface area contributed by atoms with Gasteiger partial charge in [-0.15, -0.1) is 0 Å². The zero-order valence-electron chi connectivity index (χ0n) is 13.9. The summed E-state index contributed by atoms with van der Waals surface area (Å²) in [5.74, 6) is 0.835. The van der Waals surface area contributed by atoms with Crippen LogP contribution in [0.2, 0.25) is 10.0 Å². The van der Waals surface area contributed by atoms with Crippen molar-refractivity contribution in [2.75, 3.05) is 13.6 Å². The predicted molar refractivity (Wildman–Crippen MR) is 98.7 cm³/mol. The highest BCUT2D eigenvalue weighted by molar-refractivity contribution is 6.33. The van der Waals surface area contributed by atoms with E-state index in [1.54, 1.807) is 12.1 Å². The van der Waals surface area contributed by atoms with Crippen molar-refractivity contribution >= 4 is 23.2 Å². The van der Waals surface area contributed by atoms with Crippen LogP contribution in [0.1, 0.15) is 25.0 Å². The molecule has 0 heterocycles. The van der Waals surface area contributed by atoms with Gasteiger partial charge in [0.1, 0.15) is 12.4 Å². The Morgan fingerprint density at radius 2 is 1.78 bits per heavy atom. The van der Waals surface area contributed by atoms with Crippen LogP contribution in [-0.2, 0) is 13.0 Å². The fourth-order valence-electron chi connectivity index (χ4n) is 2.35. The molecule has 0 saturated carbocycles. The SMILES string of the molecule is CCN(C)[C@H](C)Cc1ccc(OCc2cc(Cl)ccc2Cl)cc1. The number of hydrogen-bond donors (Lipinski definition) is 0. The van der Waals surface area contributed by atoms with E-state index < -0.39 is 0 Å². The Kier molecular flexibility index (Phi) is 6.76. The van der Waals surface area contributed by atoms with Gasteiger partial charge in [-0.2, -0.15) is 0 Å². The van der Waals surface area contributed by atoms with Gasteiger partial charge >= 0.3 is 0 Å². The van der Waals surface area contributed by atoms with Crippen molar-refractivity contribution in [1.29, 1.82) is 0 Å². The lowest BCUT2D eigenvalue weighted by atomic mass is 10.1. The van der Waals surface area contributed by atoms with Crippen LogP contribution in [0.25, 0.3) is 0 Å². The number of likely N-dealkylation sites (N-methyl/N-ethyl adjacent to an activating group) is 1. The lowest BCUT2D eigenvalue weighted by Crippen LogP contribution is -2.30. The molecule has 23 heavy (non-hydrogen) atoms. The molecule has 0 spiro atoms. The molecule has 2 nitrogen and oxygen atoms in total. The van der Waals surface area contributed by atoms with Crippen molar-refractivity contribution in [3.05, 3.63) is 63.6 Å². The molecule has 2 aromatic carbocycles. The topological polar surface area (TPSA) is 12.5 Å². The van der Waals surface area contributed by atoms with Gasteiger partial charge < -0.3 is 9.64 Å². The first-order valence-electron chi connectivity index (χ1n) is 7.85. The number of halogens is 2. The molecule has 0 N–H and O–H groups in total. The Morgan fingerprint density at radius 3 is 2.43 bits per heavy atom. The van der Waals surface area contributed by atoms with Gasteiger partial charge in [0.05, 0.1) is 0 Å². The van der Waals surface area contributed by atoms with E-state index in [2.05, 4.69) is 37.9 Å². The van der Waals surface area contributed by atoms with E-state index in [0.717, 1.165) is 24.3 Å². The lowest BCUT2D eigenvalue weighted by Gasteiger charge is -2.23. The molecule has 1 atom stereocenters. The van der Waals surface area contributed by atoms with Gasteiger partial charge in [-0.25, -0.2) is 0 Å². The fourth-order valence-corrected chi connectivity index (χ4v) is 2.71. The molecule has 0 amide bonds. The predicted octanol–water partition coefficient (Wildman–Crippen LogP) is 5.46. The van der Waals surface area contributed by atoms with E-state index in [0.29, 0.717) is 22.7 Å². The zero-order chi connectivity index (χ0) is 16.8. The Bertz CT molecular complexity index is 628. The van der Waals surface area contributed by atoms with Crippen LogP contribution < -0.4 is 4.74 Å². The summed E-state index contributed by atoms with van der Waals surface area (Å²) < 4.78 is 5.80. The highest BCUT2D eigenvalue weighted by Crippen LogP contribution is 2.23. The molecule has 0 unspecified atom stereocenters. The van der Waals surface area contributed by atoms with Crippen LogP contribution in [0.4, 0.5) is 0 Å². The largest absolute Gasteiger partial charge is 0.489 e. The summed E-state index contributed by atoms with van der Waals surface area (Å²) in [6.45, 7) is 5.89. The summed E-state index contributed by atoms with van der Waals surface area (Å²) in [5, 5.41) is 1.33. The van der Waals surface area contributed by atoms with Crippen molar-refractivity contribution < 1.29 is 4.74 Å². The normalized spacial score (nSPS) is 12.4. The van der Waals surface area contributed by atoms with Crippen LogP contribution in [0, 0.1) is 0 Å². The molecule has 0 aliphatic carbocycles. The van der Waals surface area contributed by atoms with Gasteiger partial charge in [0.25, 0.3) is 0 Å². The summed E-state index contributed by atoms with van der Waals surface area (Å²) in [6, 6.07) is 14.2. The summed E-state index contributed by atoms with van der Waals surface area (Å²) in [6.07, 6.45) is 1.03. The molecule has 4 heteroatoms. The molecule has 0 radical (unpaired) electrons. The van der Waals surface area contributed by atoms with Crippen molar-refractivity contribution in [2.24, 2.45) is 0 Å². The third-order valence-corrected chi connectivity index (χ3v) is 4.71. The summed E-state index contributed by atoms with van der Waals surface area (Å²) >= 11 is 12.1. The quantitative estimate of drug-likeness (QED) is 0.656. The fraction of sp³-hybridized carbons (Fsp3) is 0.368. The van der Waals surface area contributed by atoms with Crippen molar-refractivity contribution in [3.8, 4) is 5.75 Å². The second-order valence-electron chi connectivity index (χ2n) is 5.79. The second-order valence-corrected chi connectivity index (χ2v) is 6.64. The Labute approximate surface area is 149 Å². The van der Waals surface area contributed by atoms with E-state index in [4.69, 9.17) is 27.9 Å². The van der Waals surface area contributed by atoms with Gasteiger partial charge in [-0.3, -0.25) is 0 Å². The molecule has 0 aliphatic rings. The molecule has 0 aliphatic heterocycles. The third-order valence-electron chi connectivity index (χ3n) is 4.11. The van der Waals surface area contributed by atoms with Crippen LogP contribution in [0.5, 0.6) is 5.75 Å². The number of rotatable bonds is 7. The first-order chi connectivity index (χ1) is 11.0. The van der Waals surface area contributed by atoms with Crippen LogP contribution in [0.3, 0.4) is 0 Å². The van der Waals surface area contributed by atoms with E-state index in [9.17, 15) is 0 Å². The molecular formula is C19H23Cl2NO. The average Bonchev–Trinajstić information content (AvgIpc) is 2.56.